The molecule has 0 bridgehead atoms. The maximum atomic E-state index is 4.39. The van der Waals surface area contributed by atoms with Crippen molar-refractivity contribution >= 4 is 11.3 Å². The van der Waals surface area contributed by atoms with Crippen molar-refractivity contribution in [1.29, 1.82) is 0 Å². The fraction of sp³-hybridized carbons (Fsp3) is 0.562. The van der Waals surface area contributed by atoms with Gasteiger partial charge in [0.2, 0.25) is 0 Å². The van der Waals surface area contributed by atoms with Gasteiger partial charge >= 0.3 is 0 Å². The third kappa shape index (κ3) is 3.93. The maximum absolute atomic E-state index is 4.39. The van der Waals surface area contributed by atoms with E-state index in [-0.39, 0.29) is 0 Å². The molecule has 21 heavy (non-hydrogen) atoms. The first-order valence-corrected chi connectivity index (χ1v) is 8.47. The highest BCUT2D eigenvalue weighted by Crippen LogP contribution is 2.22. The highest BCUT2D eigenvalue weighted by atomic mass is 32.1. The van der Waals surface area contributed by atoms with Crippen LogP contribution >= 0.6 is 11.3 Å². The van der Waals surface area contributed by atoms with Crippen LogP contribution in [0.5, 0.6) is 0 Å². The second-order valence-electron chi connectivity index (χ2n) is 5.98. The normalized spacial score (nSPS) is 16.1. The monoisotopic (exact) mass is 304 g/mol. The van der Waals surface area contributed by atoms with Gasteiger partial charge in [-0.25, -0.2) is 4.98 Å². The number of likely N-dealkylation sites (tertiary alicyclic amines) is 1. The summed E-state index contributed by atoms with van der Waals surface area (Å²) >= 11 is 1.95. The van der Waals surface area contributed by atoms with E-state index in [1.165, 1.54) is 35.7 Å². The lowest BCUT2D eigenvalue weighted by Crippen LogP contribution is -2.19. The molecular weight excluding hydrogens is 280 g/mol. The number of hydrogen-bond acceptors (Lipinski definition) is 4. The van der Waals surface area contributed by atoms with Crippen LogP contribution in [0.25, 0.3) is 0 Å². The average Bonchev–Trinajstić information content (AvgIpc) is 3.16. The molecule has 0 saturated carbocycles. The Bertz CT molecular complexity index is 568. The van der Waals surface area contributed by atoms with Gasteiger partial charge in [0.1, 0.15) is 5.82 Å². The molecule has 2 aromatic heterocycles. The fourth-order valence-electron chi connectivity index (χ4n) is 2.87. The lowest BCUT2D eigenvalue weighted by molar-refractivity contribution is 0.310. The molecule has 0 aromatic carbocycles. The zero-order valence-corrected chi connectivity index (χ0v) is 13.8. The number of rotatable bonds is 6. The fourth-order valence-corrected chi connectivity index (χ4v) is 4.01. The second-order valence-corrected chi connectivity index (χ2v) is 7.23. The van der Waals surface area contributed by atoms with E-state index in [0.717, 1.165) is 25.5 Å². The minimum absolute atomic E-state index is 0.892. The lowest BCUT2D eigenvalue weighted by Gasteiger charge is -2.15. The van der Waals surface area contributed by atoms with Gasteiger partial charge in [0.05, 0.1) is 6.54 Å². The van der Waals surface area contributed by atoms with Gasteiger partial charge in [0.25, 0.3) is 0 Å². The third-order valence-electron chi connectivity index (χ3n) is 4.05. The molecule has 3 heterocycles. The molecule has 0 aliphatic carbocycles. The summed E-state index contributed by atoms with van der Waals surface area (Å²) in [6.45, 7) is 5.56. The van der Waals surface area contributed by atoms with Crippen LogP contribution in [0.2, 0.25) is 0 Å². The van der Waals surface area contributed by atoms with Gasteiger partial charge in [-0.15, -0.1) is 11.3 Å². The zero-order valence-electron chi connectivity index (χ0n) is 13.0. The van der Waals surface area contributed by atoms with E-state index in [9.17, 15) is 0 Å². The van der Waals surface area contributed by atoms with Crippen LogP contribution in [0.15, 0.2) is 24.5 Å². The number of nitrogens with zero attached hydrogens (tertiary/aromatic N) is 4. The highest BCUT2D eigenvalue weighted by molar-refractivity contribution is 7.11. The summed E-state index contributed by atoms with van der Waals surface area (Å²) in [5.41, 5.74) is 0. The number of aryl methyl sites for hydroxylation is 1. The Labute approximate surface area is 131 Å². The summed E-state index contributed by atoms with van der Waals surface area (Å²) in [6, 6.07) is 4.58. The quantitative estimate of drug-likeness (QED) is 0.820. The van der Waals surface area contributed by atoms with Crippen molar-refractivity contribution in [2.75, 3.05) is 20.1 Å². The molecule has 2 aromatic rings. The van der Waals surface area contributed by atoms with Crippen LogP contribution in [0.1, 0.15) is 28.4 Å². The largest absolute Gasteiger partial charge is 0.337 e. The predicted molar refractivity (Wildman–Crippen MR) is 87.2 cm³/mol. The average molecular weight is 304 g/mol. The maximum Gasteiger partial charge on any atom is 0.122 e. The van der Waals surface area contributed by atoms with Gasteiger partial charge in [-0.05, 0) is 45.1 Å². The molecule has 1 aliphatic rings. The molecule has 0 spiro atoms. The van der Waals surface area contributed by atoms with Crippen molar-refractivity contribution in [2.45, 2.75) is 32.5 Å². The Morgan fingerprint density at radius 1 is 1.19 bits per heavy atom. The van der Waals surface area contributed by atoms with Crippen molar-refractivity contribution in [3.8, 4) is 0 Å². The van der Waals surface area contributed by atoms with Crippen LogP contribution in [-0.2, 0) is 26.7 Å². The Morgan fingerprint density at radius 3 is 2.67 bits per heavy atom. The molecule has 1 fully saturated rings. The first kappa shape index (κ1) is 14.8. The van der Waals surface area contributed by atoms with Gasteiger partial charge in [-0.3, -0.25) is 9.80 Å². The van der Waals surface area contributed by atoms with Gasteiger partial charge in [-0.2, -0.15) is 0 Å². The first-order valence-electron chi connectivity index (χ1n) is 7.65. The van der Waals surface area contributed by atoms with Gasteiger partial charge in [0, 0.05) is 42.3 Å². The standard InChI is InChI=1S/C16H24N4S/c1-18(13-16-17-7-10-19(16)2)11-14-5-6-15(21-14)12-20-8-3-4-9-20/h5-7,10H,3-4,8-9,11-13H2,1-2H3. The predicted octanol–water partition coefficient (Wildman–Crippen LogP) is 2.71. The Balaban J connectivity index is 1.52. The molecular formula is C16H24N4S. The zero-order chi connectivity index (χ0) is 14.7. The summed E-state index contributed by atoms with van der Waals surface area (Å²) < 4.78 is 2.09. The molecule has 0 N–H and O–H groups in total. The minimum atomic E-state index is 0.892. The smallest absolute Gasteiger partial charge is 0.122 e. The van der Waals surface area contributed by atoms with Crippen LogP contribution in [-0.4, -0.2) is 39.5 Å². The lowest BCUT2D eigenvalue weighted by atomic mass is 10.4. The van der Waals surface area contributed by atoms with E-state index in [4.69, 9.17) is 0 Å². The Kier molecular flexibility index (Phi) is 4.73. The van der Waals surface area contributed by atoms with E-state index in [1.54, 1.807) is 0 Å². The first-order chi connectivity index (χ1) is 10.2. The van der Waals surface area contributed by atoms with Crippen molar-refractivity contribution in [2.24, 2.45) is 7.05 Å². The molecule has 0 atom stereocenters. The van der Waals surface area contributed by atoms with Crippen LogP contribution in [0, 0.1) is 0 Å². The molecule has 5 heteroatoms. The second kappa shape index (κ2) is 6.73. The van der Waals surface area contributed by atoms with Crippen molar-refractivity contribution in [3.05, 3.63) is 40.1 Å². The summed E-state index contributed by atoms with van der Waals surface area (Å²) in [4.78, 5) is 12.2. The van der Waals surface area contributed by atoms with Crippen molar-refractivity contribution in [1.82, 2.24) is 19.4 Å². The Morgan fingerprint density at radius 2 is 1.95 bits per heavy atom. The number of thiophene rings is 1. The van der Waals surface area contributed by atoms with Crippen LogP contribution in [0.4, 0.5) is 0 Å². The Hall–Kier alpha value is -1.17. The molecule has 0 amide bonds. The molecule has 4 nitrogen and oxygen atoms in total. The number of aromatic nitrogens is 2. The number of imidazole rings is 1. The summed E-state index contributed by atoms with van der Waals surface area (Å²) in [5, 5.41) is 0. The van der Waals surface area contributed by atoms with E-state index in [0.29, 0.717) is 0 Å². The third-order valence-corrected chi connectivity index (χ3v) is 5.11. The summed E-state index contributed by atoms with van der Waals surface area (Å²) in [6.07, 6.45) is 6.60. The summed E-state index contributed by atoms with van der Waals surface area (Å²) in [7, 11) is 4.21. The SMILES string of the molecule is CN(Cc1ccc(CN2CCCC2)s1)Cc1nccn1C. The molecule has 1 saturated heterocycles. The van der Waals surface area contributed by atoms with Crippen LogP contribution in [0.3, 0.4) is 0 Å². The van der Waals surface area contributed by atoms with E-state index < -0.39 is 0 Å². The molecule has 114 valence electrons. The van der Waals surface area contributed by atoms with E-state index in [1.807, 2.05) is 23.7 Å². The summed E-state index contributed by atoms with van der Waals surface area (Å²) in [5.74, 6) is 1.12. The molecule has 1 aliphatic heterocycles. The van der Waals surface area contributed by atoms with Crippen LogP contribution < -0.4 is 0 Å². The topological polar surface area (TPSA) is 24.3 Å². The van der Waals surface area contributed by atoms with Crippen molar-refractivity contribution in [3.63, 3.8) is 0 Å². The van der Waals surface area contributed by atoms with E-state index >= 15 is 0 Å². The number of hydrogen-bond donors (Lipinski definition) is 0. The van der Waals surface area contributed by atoms with Gasteiger partial charge < -0.3 is 4.57 Å². The molecule has 0 radical (unpaired) electrons. The molecule has 0 unspecified atom stereocenters. The minimum Gasteiger partial charge on any atom is -0.337 e. The highest BCUT2D eigenvalue weighted by Gasteiger charge is 2.13. The van der Waals surface area contributed by atoms with Crippen molar-refractivity contribution < 1.29 is 0 Å². The van der Waals surface area contributed by atoms with Gasteiger partial charge in [0.15, 0.2) is 0 Å². The van der Waals surface area contributed by atoms with E-state index in [2.05, 4.69) is 45.6 Å². The molecule has 3 rings (SSSR count). The van der Waals surface area contributed by atoms with Gasteiger partial charge in [-0.1, -0.05) is 0 Å².